The van der Waals surface area contributed by atoms with Gasteiger partial charge in [0, 0.05) is 24.7 Å². The number of aromatic nitrogens is 1. The van der Waals surface area contributed by atoms with Crippen LogP contribution in [0, 0.1) is 0 Å². The van der Waals surface area contributed by atoms with E-state index in [1.807, 2.05) is 19.0 Å². The van der Waals surface area contributed by atoms with Crippen LogP contribution < -0.4 is 5.32 Å². The first-order valence-corrected chi connectivity index (χ1v) is 9.26. The Labute approximate surface area is 140 Å². The Bertz CT molecular complexity index is 923. The lowest BCUT2D eigenvalue weighted by molar-refractivity contribution is 0.0697. The maximum atomic E-state index is 12.2. The van der Waals surface area contributed by atoms with Crippen LogP contribution in [0.25, 0.3) is 10.9 Å². The zero-order valence-corrected chi connectivity index (χ0v) is 14.4. The number of nitrogens with zero attached hydrogens (tertiary/aromatic N) is 2. The molecule has 0 spiro atoms. The SMILES string of the molecule is CN(C)CCNc1c(C(=O)O)cnc2ccc3c(c12)CCS3(=O)=O. The first kappa shape index (κ1) is 16.7. The van der Waals surface area contributed by atoms with Gasteiger partial charge in [0.15, 0.2) is 9.84 Å². The molecule has 0 saturated carbocycles. The fraction of sp³-hybridized carbons (Fsp3) is 0.375. The summed E-state index contributed by atoms with van der Waals surface area (Å²) >= 11 is 0. The molecule has 0 unspecified atom stereocenters. The van der Waals surface area contributed by atoms with Gasteiger partial charge in [-0.05, 0) is 38.2 Å². The lowest BCUT2D eigenvalue weighted by atomic mass is 10.0. The van der Waals surface area contributed by atoms with Crippen molar-refractivity contribution in [1.82, 2.24) is 9.88 Å². The van der Waals surface area contributed by atoms with Crippen molar-refractivity contribution in [3.05, 3.63) is 29.5 Å². The van der Waals surface area contributed by atoms with Crippen LogP contribution in [-0.4, -0.2) is 62.3 Å². The highest BCUT2D eigenvalue weighted by Gasteiger charge is 2.30. The molecule has 1 aromatic carbocycles. The number of likely N-dealkylation sites (N-methyl/N-ethyl adjacent to an activating group) is 1. The number of aromatic carboxylic acids is 1. The minimum Gasteiger partial charge on any atom is -0.478 e. The average Bonchev–Trinajstić information content (AvgIpc) is 2.82. The lowest BCUT2D eigenvalue weighted by Gasteiger charge is -2.16. The van der Waals surface area contributed by atoms with Crippen LogP contribution in [0.1, 0.15) is 15.9 Å². The molecule has 0 fully saturated rings. The van der Waals surface area contributed by atoms with Crippen LogP contribution in [0.15, 0.2) is 23.2 Å². The predicted molar refractivity (Wildman–Crippen MR) is 91.5 cm³/mol. The number of benzene rings is 1. The number of nitrogens with one attached hydrogen (secondary N) is 1. The Morgan fingerprint density at radius 3 is 2.79 bits per heavy atom. The zero-order valence-electron chi connectivity index (χ0n) is 13.5. The standard InChI is InChI=1S/C16H19N3O4S/c1-19(2)7-6-17-15-11(16(20)21)9-18-12-3-4-13-10(14(12)15)5-8-24(13,22)23/h3-4,9H,5-8H2,1-2H3,(H,17,18)(H,20,21). The molecule has 128 valence electrons. The second-order valence-electron chi connectivity index (χ2n) is 6.09. The molecule has 0 amide bonds. The molecule has 0 saturated heterocycles. The van der Waals surface area contributed by atoms with Gasteiger partial charge in [0.05, 0.1) is 21.9 Å². The number of anilines is 1. The van der Waals surface area contributed by atoms with Gasteiger partial charge in [-0.25, -0.2) is 13.2 Å². The van der Waals surface area contributed by atoms with Crippen LogP contribution >= 0.6 is 0 Å². The molecule has 2 aromatic rings. The molecule has 1 aromatic heterocycles. The molecule has 2 N–H and O–H groups in total. The third-order valence-corrected chi connectivity index (χ3v) is 5.94. The summed E-state index contributed by atoms with van der Waals surface area (Å²) in [6, 6.07) is 3.21. The molecule has 7 nitrogen and oxygen atoms in total. The smallest absolute Gasteiger partial charge is 0.339 e. The summed E-state index contributed by atoms with van der Waals surface area (Å²) in [7, 11) is 0.559. The molecule has 2 heterocycles. The Hall–Kier alpha value is -2.19. The third-order valence-electron chi connectivity index (χ3n) is 4.15. The van der Waals surface area contributed by atoms with E-state index in [1.165, 1.54) is 6.20 Å². The van der Waals surface area contributed by atoms with E-state index in [-0.39, 0.29) is 16.2 Å². The van der Waals surface area contributed by atoms with E-state index in [1.54, 1.807) is 12.1 Å². The molecule has 0 bridgehead atoms. The minimum atomic E-state index is -3.29. The normalized spacial score (nSPS) is 15.6. The molecule has 1 aliphatic heterocycles. The average molecular weight is 349 g/mol. The highest BCUT2D eigenvalue weighted by atomic mass is 32.2. The van der Waals surface area contributed by atoms with Gasteiger partial charge in [-0.15, -0.1) is 0 Å². The number of fused-ring (bicyclic) bond motifs is 3. The highest BCUT2D eigenvalue weighted by Crippen LogP contribution is 2.37. The van der Waals surface area contributed by atoms with Gasteiger partial charge in [-0.3, -0.25) is 4.98 Å². The fourth-order valence-corrected chi connectivity index (χ4v) is 4.52. The van der Waals surface area contributed by atoms with Gasteiger partial charge in [0.2, 0.25) is 0 Å². The summed E-state index contributed by atoms with van der Waals surface area (Å²) in [5.74, 6) is -1.04. The monoisotopic (exact) mass is 349 g/mol. The van der Waals surface area contributed by atoms with Crippen molar-refractivity contribution in [2.24, 2.45) is 0 Å². The molecular formula is C16H19N3O4S. The van der Waals surface area contributed by atoms with Crippen molar-refractivity contribution in [2.45, 2.75) is 11.3 Å². The number of hydrogen-bond donors (Lipinski definition) is 2. The van der Waals surface area contributed by atoms with E-state index in [0.717, 1.165) is 6.54 Å². The van der Waals surface area contributed by atoms with Gasteiger partial charge in [-0.1, -0.05) is 0 Å². The van der Waals surface area contributed by atoms with Gasteiger partial charge in [0.25, 0.3) is 0 Å². The highest BCUT2D eigenvalue weighted by molar-refractivity contribution is 7.91. The van der Waals surface area contributed by atoms with E-state index >= 15 is 0 Å². The summed E-state index contributed by atoms with van der Waals surface area (Å²) < 4.78 is 24.3. The number of pyridine rings is 1. The van der Waals surface area contributed by atoms with E-state index in [4.69, 9.17) is 0 Å². The number of hydrogen-bond acceptors (Lipinski definition) is 6. The van der Waals surface area contributed by atoms with Crippen LogP contribution in [0.3, 0.4) is 0 Å². The van der Waals surface area contributed by atoms with Crippen molar-refractivity contribution >= 4 is 32.4 Å². The quantitative estimate of drug-likeness (QED) is 0.837. The van der Waals surface area contributed by atoms with Gasteiger partial charge >= 0.3 is 5.97 Å². The molecule has 0 aliphatic carbocycles. The zero-order chi connectivity index (χ0) is 17.5. The maximum Gasteiger partial charge on any atom is 0.339 e. The largest absolute Gasteiger partial charge is 0.478 e. The number of aryl methyl sites for hydroxylation is 1. The number of carboxylic acid groups (broad SMARTS) is 1. The maximum absolute atomic E-state index is 12.2. The topological polar surface area (TPSA) is 99.6 Å². The second kappa shape index (κ2) is 6.03. The number of carboxylic acids is 1. The van der Waals surface area contributed by atoms with Gasteiger partial charge in [0.1, 0.15) is 5.56 Å². The van der Waals surface area contributed by atoms with E-state index in [0.29, 0.717) is 35.1 Å². The van der Waals surface area contributed by atoms with Gasteiger partial charge < -0.3 is 15.3 Å². The molecule has 3 rings (SSSR count). The molecule has 24 heavy (non-hydrogen) atoms. The van der Waals surface area contributed by atoms with Crippen molar-refractivity contribution in [2.75, 3.05) is 38.3 Å². The Morgan fingerprint density at radius 1 is 1.38 bits per heavy atom. The summed E-state index contributed by atoms with van der Waals surface area (Å²) in [5, 5.41) is 13.2. The first-order chi connectivity index (χ1) is 11.3. The summed E-state index contributed by atoms with van der Waals surface area (Å²) in [5.41, 5.74) is 1.76. The molecular weight excluding hydrogens is 330 g/mol. The number of rotatable bonds is 5. The molecule has 0 atom stereocenters. The van der Waals surface area contributed by atoms with Crippen molar-refractivity contribution in [1.29, 1.82) is 0 Å². The second-order valence-corrected chi connectivity index (χ2v) is 8.16. The Balaban J connectivity index is 2.22. The van der Waals surface area contributed by atoms with Crippen LogP contribution in [-0.2, 0) is 16.3 Å². The van der Waals surface area contributed by atoms with E-state index in [9.17, 15) is 18.3 Å². The van der Waals surface area contributed by atoms with Crippen LogP contribution in [0.5, 0.6) is 0 Å². The predicted octanol–water partition coefficient (Wildman–Crippen LogP) is 1.24. The van der Waals surface area contributed by atoms with Crippen LogP contribution in [0.4, 0.5) is 5.69 Å². The third kappa shape index (κ3) is 2.83. The minimum absolute atomic E-state index is 0.0515. The lowest BCUT2D eigenvalue weighted by Crippen LogP contribution is -2.22. The molecule has 1 aliphatic rings. The summed E-state index contributed by atoms with van der Waals surface area (Å²) in [6.45, 7) is 1.26. The fourth-order valence-electron chi connectivity index (χ4n) is 2.97. The van der Waals surface area contributed by atoms with E-state index in [2.05, 4.69) is 10.3 Å². The Kier molecular flexibility index (Phi) is 4.18. The van der Waals surface area contributed by atoms with Crippen LogP contribution in [0.2, 0.25) is 0 Å². The summed E-state index contributed by atoms with van der Waals surface area (Å²) in [4.78, 5) is 18.1. The van der Waals surface area contributed by atoms with Crippen molar-refractivity contribution in [3.8, 4) is 0 Å². The van der Waals surface area contributed by atoms with E-state index < -0.39 is 15.8 Å². The first-order valence-electron chi connectivity index (χ1n) is 7.60. The van der Waals surface area contributed by atoms with Crippen molar-refractivity contribution in [3.63, 3.8) is 0 Å². The molecule has 0 radical (unpaired) electrons. The molecule has 8 heteroatoms. The summed E-state index contributed by atoms with van der Waals surface area (Å²) in [6.07, 6.45) is 1.70. The number of sulfone groups is 1. The Morgan fingerprint density at radius 2 is 2.12 bits per heavy atom. The number of carbonyl (C=O) groups is 1. The van der Waals surface area contributed by atoms with Gasteiger partial charge in [-0.2, -0.15) is 0 Å². The van der Waals surface area contributed by atoms with Crippen molar-refractivity contribution < 1.29 is 18.3 Å².